The molecule has 0 radical (unpaired) electrons. The molecule has 0 aliphatic heterocycles. The van der Waals surface area contributed by atoms with Gasteiger partial charge in [0.05, 0.1) is 0 Å². The molecule has 1 aromatic rings. The second-order valence-electron chi connectivity index (χ2n) is 3.67. The number of aliphatic hydroxyl groups excluding tert-OH is 1. The highest BCUT2D eigenvalue weighted by Crippen LogP contribution is 2.02. The quantitative estimate of drug-likeness (QED) is 0.655. The Hall–Kier alpha value is -1.55. The molecule has 16 heavy (non-hydrogen) atoms. The van der Waals surface area contributed by atoms with Crippen LogP contribution in [0.5, 0.6) is 0 Å². The molecule has 0 bridgehead atoms. The van der Waals surface area contributed by atoms with Crippen LogP contribution in [0.4, 0.5) is 4.79 Å². The van der Waals surface area contributed by atoms with Crippen molar-refractivity contribution in [3.05, 3.63) is 35.4 Å². The van der Waals surface area contributed by atoms with Crippen molar-refractivity contribution in [3.8, 4) is 0 Å². The van der Waals surface area contributed by atoms with Crippen molar-refractivity contribution in [2.24, 2.45) is 0 Å². The van der Waals surface area contributed by atoms with Crippen molar-refractivity contribution in [2.75, 3.05) is 13.2 Å². The molecule has 4 heteroatoms. The summed E-state index contributed by atoms with van der Waals surface area (Å²) in [6, 6.07) is 7.81. The number of carbonyl (C=O) groups is 1. The van der Waals surface area contributed by atoms with Gasteiger partial charge < -0.3 is 15.7 Å². The normalized spacial score (nSPS) is 9.88. The summed E-state index contributed by atoms with van der Waals surface area (Å²) < 4.78 is 0. The molecule has 88 valence electrons. The zero-order chi connectivity index (χ0) is 11.8. The highest BCUT2D eigenvalue weighted by molar-refractivity contribution is 5.73. The molecule has 0 aliphatic carbocycles. The molecule has 0 saturated carbocycles. The van der Waals surface area contributed by atoms with E-state index in [1.807, 2.05) is 31.2 Å². The Labute approximate surface area is 95.7 Å². The van der Waals surface area contributed by atoms with Gasteiger partial charge in [0, 0.05) is 19.7 Å². The summed E-state index contributed by atoms with van der Waals surface area (Å²) in [7, 11) is 0. The number of rotatable bonds is 5. The Balaban J connectivity index is 2.23. The molecule has 0 heterocycles. The fourth-order valence-corrected chi connectivity index (χ4v) is 1.23. The topological polar surface area (TPSA) is 61.4 Å². The van der Waals surface area contributed by atoms with Crippen LogP contribution in [-0.4, -0.2) is 24.3 Å². The number of nitrogens with one attached hydrogen (secondary N) is 2. The molecule has 0 fully saturated rings. The predicted molar refractivity (Wildman–Crippen MR) is 63.1 cm³/mol. The Kier molecular flexibility index (Phi) is 5.36. The van der Waals surface area contributed by atoms with Gasteiger partial charge >= 0.3 is 6.03 Å². The third kappa shape index (κ3) is 4.79. The number of benzene rings is 1. The molecule has 0 unspecified atom stereocenters. The van der Waals surface area contributed by atoms with Gasteiger partial charge in [0.1, 0.15) is 0 Å². The highest BCUT2D eigenvalue weighted by atomic mass is 16.3. The van der Waals surface area contributed by atoms with E-state index in [1.54, 1.807) is 0 Å². The Morgan fingerprint density at radius 3 is 2.56 bits per heavy atom. The van der Waals surface area contributed by atoms with Crippen molar-refractivity contribution in [2.45, 2.75) is 19.9 Å². The van der Waals surface area contributed by atoms with E-state index in [0.29, 0.717) is 19.5 Å². The molecule has 3 N–H and O–H groups in total. The van der Waals surface area contributed by atoms with Crippen LogP contribution in [0.15, 0.2) is 24.3 Å². The van der Waals surface area contributed by atoms with Gasteiger partial charge in [-0.15, -0.1) is 0 Å². The van der Waals surface area contributed by atoms with Crippen LogP contribution in [0.2, 0.25) is 0 Å². The second-order valence-corrected chi connectivity index (χ2v) is 3.67. The molecule has 0 aliphatic rings. The highest BCUT2D eigenvalue weighted by Gasteiger charge is 1.98. The van der Waals surface area contributed by atoms with E-state index in [2.05, 4.69) is 10.6 Å². The predicted octanol–water partition coefficient (Wildman–Crippen LogP) is 1.18. The summed E-state index contributed by atoms with van der Waals surface area (Å²) >= 11 is 0. The largest absolute Gasteiger partial charge is 0.396 e. The molecule has 4 nitrogen and oxygen atoms in total. The van der Waals surface area contributed by atoms with E-state index in [-0.39, 0.29) is 12.6 Å². The van der Waals surface area contributed by atoms with Gasteiger partial charge in [0.2, 0.25) is 0 Å². The minimum atomic E-state index is -0.200. The van der Waals surface area contributed by atoms with E-state index >= 15 is 0 Å². The number of aliphatic hydroxyl groups is 1. The lowest BCUT2D eigenvalue weighted by molar-refractivity contribution is 0.238. The van der Waals surface area contributed by atoms with Gasteiger partial charge in [-0.3, -0.25) is 0 Å². The van der Waals surface area contributed by atoms with Crippen molar-refractivity contribution in [1.82, 2.24) is 10.6 Å². The van der Waals surface area contributed by atoms with Gasteiger partial charge in [0.15, 0.2) is 0 Å². The lowest BCUT2D eigenvalue weighted by Gasteiger charge is -2.07. The first kappa shape index (κ1) is 12.5. The maximum absolute atomic E-state index is 11.3. The first-order valence-corrected chi connectivity index (χ1v) is 5.40. The average molecular weight is 222 g/mol. The van der Waals surface area contributed by atoms with Crippen molar-refractivity contribution in [1.29, 1.82) is 0 Å². The molecule has 1 rings (SSSR count). The van der Waals surface area contributed by atoms with E-state index < -0.39 is 0 Å². The van der Waals surface area contributed by atoms with Crippen LogP contribution in [0, 0.1) is 6.92 Å². The van der Waals surface area contributed by atoms with Gasteiger partial charge in [-0.05, 0) is 18.9 Å². The molecule has 0 atom stereocenters. The first-order chi connectivity index (χ1) is 7.72. The van der Waals surface area contributed by atoms with E-state index in [0.717, 1.165) is 5.56 Å². The van der Waals surface area contributed by atoms with Crippen LogP contribution in [0.1, 0.15) is 17.5 Å². The maximum Gasteiger partial charge on any atom is 0.315 e. The summed E-state index contributed by atoms with van der Waals surface area (Å²) in [6.07, 6.45) is 0.581. The maximum atomic E-state index is 11.3. The standard InChI is InChI=1S/C12H18N2O2/c1-10-3-5-11(6-4-10)9-14-12(16)13-7-2-8-15/h3-6,15H,2,7-9H2,1H3,(H2,13,14,16). The van der Waals surface area contributed by atoms with E-state index in [9.17, 15) is 4.79 Å². The number of aryl methyl sites for hydroxylation is 1. The lowest BCUT2D eigenvalue weighted by Crippen LogP contribution is -2.35. The molecular weight excluding hydrogens is 204 g/mol. The second kappa shape index (κ2) is 6.85. The number of carbonyl (C=O) groups excluding carboxylic acids is 1. The lowest BCUT2D eigenvalue weighted by atomic mass is 10.1. The summed E-state index contributed by atoms with van der Waals surface area (Å²) in [6.45, 7) is 3.14. The van der Waals surface area contributed by atoms with Crippen LogP contribution in [0.25, 0.3) is 0 Å². The average Bonchev–Trinajstić information content (AvgIpc) is 2.29. The number of amides is 2. The van der Waals surface area contributed by atoms with Gasteiger partial charge in [-0.25, -0.2) is 4.79 Å². The molecule has 2 amide bonds. The third-order valence-corrected chi connectivity index (χ3v) is 2.19. The van der Waals surface area contributed by atoms with E-state index in [1.165, 1.54) is 5.56 Å². The van der Waals surface area contributed by atoms with Crippen LogP contribution in [0.3, 0.4) is 0 Å². The van der Waals surface area contributed by atoms with Gasteiger partial charge in [0.25, 0.3) is 0 Å². The van der Waals surface area contributed by atoms with Crippen molar-refractivity contribution in [3.63, 3.8) is 0 Å². The molecule has 0 aromatic heterocycles. The molecule has 1 aromatic carbocycles. The Morgan fingerprint density at radius 1 is 1.25 bits per heavy atom. The summed E-state index contributed by atoms with van der Waals surface area (Å²) in [5.41, 5.74) is 2.28. The van der Waals surface area contributed by atoms with Gasteiger partial charge in [-0.2, -0.15) is 0 Å². The molecular formula is C12H18N2O2. The summed E-state index contributed by atoms with van der Waals surface area (Å²) in [5.74, 6) is 0. The summed E-state index contributed by atoms with van der Waals surface area (Å²) in [4.78, 5) is 11.3. The number of hydrogen-bond donors (Lipinski definition) is 3. The van der Waals surface area contributed by atoms with Crippen molar-refractivity contribution >= 4 is 6.03 Å². The van der Waals surface area contributed by atoms with E-state index in [4.69, 9.17) is 5.11 Å². The SMILES string of the molecule is Cc1ccc(CNC(=O)NCCCO)cc1. The zero-order valence-electron chi connectivity index (χ0n) is 9.49. The first-order valence-electron chi connectivity index (χ1n) is 5.40. The summed E-state index contributed by atoms with van der Waals surface area (Å²) in [5, 5.41) is 13.9. The van der Waals surface area contributed by atoms with Crippen LogP contribution < -0.4 is 10.6 Å². The molecule has 0 saturated heterocycles. The Morgan fingerprint density at radius 2 is 1.94 bits per heavy atom. The number of hydrogen-bond acceptors (Lipinski definition) is 2. The minimum absolute atomic E-state index is 0.0955. The fraction of sp³-hybridized carbons (Fsp3) is 0.417. The number of urea groups is 1. The minimum Gasteiger partial charge on any atom is -0.396 e. The molecule has 0 spiro atoms. The van der Waals surface area contributed by atoms with Crippen LogP contribution >= 0.6 is 0 Å². The third-order valence-electron chi connectivity index (χ3n) is 2.19. The van der Waals surface area contributed by atoms with Crippen molar-refractivity contribution < 1.29 is 9.90 Å². The van der Waals surface area contributed by atoms with Crippen LogP contribution in [-0.2, 0) is 6.54 Å². The van der Waals surface area contributed by atoms with Gasteiger partial charge in [-0.1, -0.05) is 29.8 Å². The fourth-order valence-electron chi connectivity index (χ4n) is 1.23. The Bertz CT molecular complexity index is 322. The smallest absolute Gasteiger partial charge is 0.315 e. The monoisotopic (exact) mass is 222 g/mol. The zero-order valence-corrected chi connectivity index (χ0v) is 9.49.